The normalized spacial score (nSPS) is 10.2. The number of rotatable bonds is 3. The number of benzene rings is 2. The number of methoxy groups -OCH3 is 1. The fourth-order valence-electron chi connectivity index (χ4n) is 1.62. The summed E-state index contributed by atoms with van der Waals surface area (Å²) in [5.74, 6) is 0.523. The van der Waals surface area contributed by atoms with E-state index in [1.54, 1.807) is 19.2 Å². The highest BCUT2D eigenvalue weighted by Gasteiger charge is 2.11. The summed E-state index contributed by atoms with van der Waals surface area (Å²) in [6, 6.07) is 11.0. The summed E-state index contributed by atoms with van der Waals surface area (Å²) in [5, 5.41) is 2.87. The third-order valence-electron chi connectivity index (χ3n) is 2.54. The van der Waals surface area contributed by atoms with Gasteiger partial charge in [0.05, 0.1) is 12.7 Å². The summed E-state index contributed by atoms with van der Waals surface area (Å²) in [7, 11) is 1.59. The van der Waals surface area contributed by atoms with E-state index in [1.165, 1.54) is 0 Å². The third-order valence-corrected chi connectivity index (χ3v) is 4.43. The number of carbonyl (C=O) groups is 1. The molecule has 0 aliphatic rings. The van der Waals surface area contributed by atoms with Crippen molar-refractivity contribution in [2.75, 3.05) is 12.4 Å². The monoisotopic (exact) mass is 509 g/mol. The lowest BCUT2D eigenvalue weighted by molar-refractivity contribution is 0.102. The Hall–Kier alpha value is -0.600. The second-order valence-corrected chi connectivity index (χ2v) is 6.95. The van der Waals surface area contributed by atoms with Gasteiger partial charge in [0.25, 0.3) is 5.91 Å². The van der Waals surface area contributed by atoms with Gasteiger partial charge < -0.3 is 10.1 Å². The molecule has 0 aliphatic heterocycles. The largest absolute Gasteiger partial charge is 0.497 e. The highest BCUT2D eigenvalue weighted by molar-refractivity contribution is 14.1. The minimum Gasteiger partial charge on any atom is -0.497 e. The number of amides is 1. The minimum absolute atomic E-state index is 0.157. The van der Waals surface area contributed by atoms with Gasteiger partial charge in [0.1, 0.15) is 5.75 Å². The number of halogens is 3. The highest BCUT2D eigenvalue weighted by atomic mass is 127. The lowest BCUT2D eigenvalue weighted by Crippen LogP contribution is -2.13. The molecule has 1 N–H and O–H groups in total. The number of hydrogen-bond acceptors (Lipinski definition) is 2. The fourth-order valence-corrected chi connectivity index (χ4v) is 3.04. The van der Waals surface area contributed by atoms with Crippen LogP contribution in [0.4, 0.5) is 5.69 Å². The molecule has 0 radical (unpaired) electrons. The Bertz CT molecular complexity index is 662. The topological polar surface area (TPSA) is 38.3 Å². The van der Waals surface area contributed by atoms with Crippen molar-refractivity contribution < 1.29 is 9.53 Å². The van der Waals surface area contributed by atoms with E-state index in [0.29, 0.717) is 17.0 Å². The molecule has 0 saturated heterocycles. The predicted octanol–water partition coefficient (Wildman–Crippen LogP) is 5.08. The Balaban J connectivity index is 2.27. The first kappa shape index (κ1) is 15.8. The van der Waals surface area contributed by atoms with Crippen LogP contribution in [0.5, 0.6) is 5.75 Å². The molecule has 0 aliphatic carbocycles. The Kier molecular flexibility index (Phi) is 5.45. The molecule has 3 nitrogen and oxygen atoms in total. The number of anilines is 1. The summed E-state index contributed by atoms with van der Waals surface area (Å²) in [4.78, 5) is 12.3. The van der Waals surface area contributed by atoms with Crippen LogP contribution in [0.25, 0.3) is 0 Å². The van der Waals surface area contributed by atoms with Gasteiger partial charge in [0.15, 0.2) is 0 Å². The zero-order chi connectivity index (χ0) is 14.7. The van der Waals surface area contributed by atoms with E-state index in [1.807, 2.05) is 24.3 Å². The maximum Gasteiger partial charge on any atom is 0.256 e. The number of nitrogens with one attached hydrogen (secondary N) is 1. The van der Waals surface area contributed by atoms with Crippen LogP contribution in [0.3, 0.4) is 0 Å². The summed E-state index contributed by atoms with van der Waals surface area (Å²) in [6.07, 6.45) is 0. The van der Waals surface area contributed by atoms with Crippen LogP contribution in [0.1, 0.15) is 10.4 Å². The van der Waals surface area contributed by atoms with Crippen molar-refractivity contribution in [1.29, 1.82) is 0 Å². The Morgan fingerprint density at radius 3 is 2.60 bits per heavy atom. The molecule has 2 aromatic carbocycles. The minimum atomic E-state index is -0.157. The Morgan fingerprint density at radius 1 is 1.15 bits per heavy atom. The molecule has 0 saturated carbocycles. The first-order chi connectivity index (χ1) is 9.49. The van der Waals surface area contributed by atoms with Crippen LogP contribution in [0, 0.1) is 3.57 Å². The van der Waals surface area contributed by atoms with Gasteiger partial charge in [-0.3, -0.25) is 4.79 Å². The summed E-state index contributed by atoms with van der Waals surface area (Å²) < 4.78 is 7.78. The van der Waals surface area contributed by atoms with Gasteiger partial charge in [-0.05, 0) is 52.9 Å². The molecular formula is C14H10Br2INO2. The molecule has 0 aromatic heterocycles. The van der Waals surface area contributed by atoms with Gasteiger partial charge in [0, 0.05) is 24.3 Å². The van der Waals surface area contributed by atoms with Crippen LogP contribution in [0.15, 0.2) is 45.3 Å². The SMILES string of the molecule is COc1cc(Br)cc(NC(=O)c2cc(Br)ccc2I)c1. The lowest BCUT2D eigenvalue weighted by Gasteiger charge is -2.09. The zero-order valence-corrected chi connectivity index (χ0v) is 15.7. The highest BCUT2D eigenvalue weighted by Crippen LogP contribution is 2.26. The third kappa shape index (κ3) is 3.95. The number of ether oxygens (including phenoxy) is 1. The Morgan fingerprint density at radius 2 is 1.90 bits per heavy atom. The zero-order valence-electron chi connectivity index (χ0n) is 10.4. The van der Waals surface area contributed by atoms with Crippen molar-refractivity contribution in [2.24, 2.45) is 0 Å². The van der Waals surface area contributed by atoms with Crippen molar-refractivity contribution >= 4 is 66.0 Å². The molecule has 2 aromatic rings. The van der Waals surface area contributed by atoms with Crippen molar-refractivity contribution in [2.45, 2.75) is 0 Å². The average molecular weight is 511 g/mol. The number of carbonyl (C=O) groups excluding carboxylic acids is 1. The first-order valence-corrected chi connectivity index (χ1v) is 8.27. The summed E-state index contributed by atoms with van der Waals surface area (Å²) in [6.45, 7) is 0. The van der Waals surface area contributed by atoms with E-state index < -0.39 is 0 Å². The number of hydrogen-bond donors (Lipinski definition) is 1. The van der Waals surface area contributed by atoms with Crippen LogP contribution >= 0.6 is 54.5 Å². The average Bonchev–Trinajstić information content (AvgIpc) is 2.40. The van der Waals surface area contributed by atoms with Gasteiger partial charge in [-0.25, -0.2) is 0 Å². The van der Waals surface area contributed by atoms with Crippen LogP contribution in [-0.2, 0) is 0 Å². The van der Waals surface area contributed by atoms with Crippen molar-refractivity contribution in [3.05, 3.63) is 54.5 Å². The molecular weight excluding hydrogens is 501 g/mol. The molecule has 0 atom stereocenters. The second-order valence-electron chi connectivity index (χ2n) is 3.96. The molecule has 0 heterocycles. The maximum atomic E-state index is 12.3. The van der Waals surface area contributed by atoms with Crippen molar-refractivity contribution in [3.8, 4) is 5.75 Å². The predicted molar refractivity (Wildman–Crippen MR) is 95.5 cm³/mol. The molecule has 0 fully saturated rings. The van der Waals surface area contributed by atoms with E-state index in [2.05, 4.69) is 59.8 Å². The second kappa shape index (κ2) is 6.91. The lowest BCUT2D eigenvalue weighted by atomic mass is 10.2. The van der Waals surface area contributed by atoms with Crippen LogP contribution in [-0.4, -0.2) is 13.0 Å². The molecule has 0 bridgehead atoms. The van der Waals surface area contributed by atoms with E-state index in [9.17, 15) is 4.79 Å². The van der Waals surface area contributed by atoms with E-state index in [0.717, 1.165) is 12.5 Å². The van der Waals surface area contributed by atoms with Crippen LogP contribution in [0.2, 0.25) is 0 Å². The van der Waals surface area contributed by atoms with E-state index >= 15 is 0 Å². The smallest absolute Gasteiger partial charge is 0.256 e. The standard InChI is InChI=1S/C14H10Br2INO2/c1-20-11-5-9(16)4-10(7-11)18-14(19)12-6-8(15)2-3-13(12)17/h2-7H,1H3,(H,18,19). The molecule has 0 spiro atoms. The van der Waals surface area contributed by atoms with Gasteiger partial charge in [-0.2, -0.15) is 0 Å². The van der Waals surface area contributed by atoms with Gasteiger partial charge >= 0.3 is 0 Å². The quantitative estimate of drug-likeness (QED) is 0.585. The first-order valence-electron chi connectivity index (χ1n) is 5.60. The van der Waals surface area contributed by atoms with Crippen LogP contribution < -0.4 is 10.1 Å². The molecule has 2 rings (SSSR count). The molecule has 20 heavy (non-hydrogen) atoms. The van der Waals surface area contributed by atoms with Gasteiger partial charge in [0.2, 0.25) is 0 Å². The van der Waals surface area contributed by atoms with Gasteiger partial charge in [-0.1, -0.05) is 31.9 Å². The van der Waals surface area contributed by atoms with Gasteiger partial charge in [-0.15, -0.1) is 0 Å². The fraction of sp³-hybridized carbons (Fsp3) is 0.0714. The maximum absolute atomic E-state index is 12.3. The van der Waals surface area contributed by atoms with E-state index in [-0.39, 0.29) is 5.91 Å². The van der Waals surface area contributed by atoms with E-state index in [4.69, 9.17) is 4.74 Å². The summed E-state index contributed by atoms with van der Waals surface area (Å²) in [5.41, 5.74) is 1.30. The molecule has 104 valence electrons. The van der Waals surface area contributed by atoms with Crippen molar-refractivity contribution in [1.82, 2.24) is 0 Å². The Labute approximate surface area is 147 Å². The molecule has 1 amide bonds. The summed E-state index contributed by atoms with van der Waals surface area (Å²) >= 11 is 8.90. The molecule has 6 heteroatoms. The van der Waals surface area contributed by atoms with Crippen molar-refractivity contribution in [3.63, 3.8) is 0 Å². The molecule has 0 unspecified atom stereocenters.